The first-order chi connectivity index (χ1) is 12.2. The summed E-state index contributed by atoms with van der Waals surface area (Å²) in [6.07, 6.45) is 0. The SMILES string of the molecule is CC(=O)c1sc2nnc(-c3ccccc3)c(-c3ccccc3)c2c1N. The molecule has 0 aliphatic heterocycles. The van der Waals surface area contributed by atoms with E-state index in [4.69, 9.17) is 5.73 Å². The van der Waals surface area contributed by atoms with Crippen molar-refractivity contribution < 1.29 is 4.79 Å². The van der Waals surface area contributed by atoms with Gasteiger partial charge in [-0.3, -0.25) is 4.79 Å². The molecule has 4 nitrogen and oxygen atoms in total. The van der Waals surface area contributed by atoms with Gasteiger partial charge in [0.15, 0.2) is 5.78 Å². The van der Waals surface area contributed by atoms with E-state index in [0.717, 1.165) is 27.8 Å². The van der Waals surface area contributed by atoms with Crippen LogP contribution in [-0.4, -0.2) is 16.0 Å². The quantitative estimate of drug-likeness (QED) is 0.541. The van der Waals surface area contributed by atoms with Gasteiger partial charge < -0.3 is 5.73 Å². The number of hydrogen-bond acceptors (Lipinski definition) is 5. The summed E-state index contributed by atoms with van der Waals surface area (Å²) in [5, 5.41) is 9.61. The first-order valence-corrected chi connectivity index (χ1v) is 8.69. The molecule has 2 aromatic heterocycles. The molecule has 0 fully saturated rings. The highest BCUT2D eigenvalue weighted by Gasteiger charge is 2.22. The molecule has 0 saturated heterocycles. The molecular weight excluding hydrogens is 330 g/mol. The summed E-state index contributed by atoms with van der Waals surface area (Å²) in [7, 11) is 0. The van der Waals surface area contributed by atoms with Gasteiger partial charge in [-0.05, 0) is 5.56 Å². The van der Waals surface area contributed by atoms with Gasteiger partial charge in [0.1, 0.15) is 10.5 Å². The number of anilines is 1. The lowest BCUT2D eigenvalue weighted by atomic mass is 9.96. The highest BCUT2D eigenvalue weighted by Crippen LogP contribution is 2.42. The number of rotatable bonds is 3. The third-order valence-electron chi connectivity index (χ3n) is 4.08. The molecule has 0 aliphatic carbocycles. The number of hydrogen-bond donors (Lipinski definition) is 1. The van der Waals surface area contributed by atoms with Crippen LogP contribution in [0.25, 0.3) is 32.6 Å². The fourth-order valence-corrected chi connectivity index (χ4v) is 3.90. The molecule has 0 spiro atoms. The van der Waals surface area contributed by atoms with Crippen molar-refractivity contribution in [3.8, 4) is 22.4 Å². The summed E-state index contributed by atoms with van der Waals surface area (Å²) in [4.78, 5) is 13.1. The van der Waals surface area contributed by atoms with Gasteiger partial charge in [0.05, 0.1) is 10.6 Å². The Morgan fingerprint density at radius 1 is 0.920 bits per heavy atom. The average molecular weight is 345 g/mol. The number of carbonyl (C=O) groups excluding carboxylic acids is 1. The summed E-state index contributed by atoms with van der Waals surface area (Å²) < 4.78 is 0. The molecule has 0 radical (unpaired) electrons. The Kier molecular flexibility index (Phi) is 3.78. The van der Waals surface area contributed by atoms with Crippen LogP contribution in [0.5, 0.6) is 0 Å². The second-order valence-electron chi connectivity index (χ2n) is 5.74. The third-order valence-corrected chi connectivity index (χ3v) is 5.27. The van der Waals surface area contributed by atoms with Crippen LogP contribution in [0.2, 0.25) is 0 Å². The monoisotopic (exact) mass is 345 g/mol. The molecule has 0 atom stereocenters. The van der Waals surface area contributed by atoms with Crippen LogP contribution in [0.15, 0.2) is 60.7 Å². The number of nitrogens with zero attached hydrogens (tertiary/aromatic N) is 2. The van der Waals surface area contributed by atoms with Crippen molar-refractivity contribution in [1.82, 2.24) is 10.2 Å². The lowest BCUT2D eigenvalue weighted by Crippen LogP contribution is -1.97. The highest BCUT2D eigenvalue weighted by molar-refractivity contribution is 7.21. The number of aromatic nitrogens is 2. The Hall–Kier alpha value is -3.05. The Balaban J connectivity index is 2.13. The van der Waals surface area contributed by atoms with Gasteiger partial charge in [0.25, 0.3) is 0 Å². The summed E-state index contributed by atoms with van der Waals surface area (Å²) in [5.74, 6) is -0.0548. The molecular formula is C20H15N3OS. The van der Waals surface area contributed by atoms with Gasteiger partial charge in [-0.15, -0.1) is 21.5 Å². The number of benzene rings is 2. The van der Waals surface area contributed by atoms with Gasteiger partial charge >= 0.3 is 0 Å². The number of thiophene rings is 1. The molecule has 4 aromatic rings. The zero-order valence-corrected chi connectivity index (χ0v) is 14.4. The summed E-state index contributed by atoms with van der Waals surface area (Å²) >= 11 is 1.30. The Bertz CT molecular complexity index is 1070. The Morgan fingerprint density at radius 3 is 2.12 bits per heavy atom. The maximum absolute atomic E-state index is 11.9. The molecule has 2 aromatic carbocycles. The Morgan fingerprint density at radius 2 is 1.52 bits per heavy atom. The number of nitrogen functional groups attached to an aromatic ring is 1. The minimum absolute atomic E-state index is 0.0548. The standard InChI is InChI=1S/C20H15N3OS/c1-12(24)19-17(21)16-15(13-8-4-2-5-9-13)18(22-23-20(16)25-19)14-10-6-3-7-11-14/h2-11H,21H2,1H3. The van der Waals surface area contributed by atoms with E-state index in [1.807, 2.05) is 60.7 Å². The summed E-state index contributed by atoms with van der Waals surface area (Å²) in [6.45, 7) is 1.52. The lowest BCUT2D eigenvalue weighted by Gasteiger charge is -2.10. The van der Waals surface area contributed by atoms with Crippen LogP contribution in [0.4, 0.5) is 5.69 Å². The van der Waals surface area contributed by atoms with Crippen LogP contribution < -0.4 is 5.73 Å². The first-order valence-electron chi connectivity index (χ1n) is 7.87. The van der Waals surface area contributed by atoms with Crippen LogP contribution in [-0.2, 0) is 0 Å². The van der Waals surface area contributed by atoms with Gasteiger partial charge in [-0.25, -0.2) is 0 Å². The fraction of sp³-hybridized carbons (Fsp3) is 0.0500. The number of carbonyl (C=O) groups is 1. The molecule has 5 heteroatoms. The van der Waals surface area contributed by atoms with Gasteiger partial charge in [0.2, 0.25) is 0 Å². The molecule has 2 heterocycles. The second-order valence-corrected chi connectivity index (χ2v) is 6.74. The van der Waals surface area contributed by atoms with Gasteiger partial charge in [-0.1, -0.05) is 60.7 Å². The van der Waals surface area contributed by atoms with E-state index in [9.17, 15) is 4.79 Å². The smallest absolute Gasteiger partial charge is 0.171 e. The zero-order valence-electron chi connectivity index (χ0n) is 13.6. The van der Waals surface area contributed by atoms with E-state index in [-0.39, 0.29) is 5.78 Å². The fourth-order valence-electron chi connectivity index (χ4n) is 2.95. The normalized spacial score (nSPS) is 10.9. The van der Waals surface area contributed by atoms with Crippen molar-refractivity contribution >= 4 is 33.0 Å². The van der Waals surface area contributed by atoms with Crippen LogP contribution in [0, 0.1) is 0 Å². The van der Waals surface area contributed by atoms with E-state index in [1.165, 1.54) is 18.3 Å². The molecule has 25 heavy (non-hydrogen) atoms. The molecule has 0 aliphatic rings. The van der Waals surface area contributed by atoms with Crippen LogP contribution in [0.3, 0.4) is 0 Å². The predicted molar refractivity (Wildman–Crippen MR) is 103 cm³/mol. The van der Waals surface area contributed by atoms with Crippen molar-refractivity contribution in [3.05, 3.63) is 65.5 Å². The topological polar surface area (TPSA) is 68.9 Å². The number of nitrogens with two attached hydrogens (primary N) is 1. The number of fused-ring (bicyclic) bond motifs is 1. The van der Waals surface area contributed by atoms with Crippen molar-refractivity contribution in [2.75, 3.05) is 5.73 Å². The van der Waals surface area contributed by atoms with E-state index in [2.05, 4.69) is 10.2 Å². The molecule has 0 amide bonds. The zero-order chi connectivity index (χ0) is 17.4. The van der Waals surface area contributed by atoms with Gasteiger partial charge in [-0.2, -0.15) is 0 Å². The second kappa shape index (κ2) is 6.11. The summed E-state index contributed by atoms with van der Waals surface area (Å²) in [5.41, 5.74) is 10.5. The van der Waals surface area contributed by atoms with Gasteiger partial charge in [0, 0.05) is 23.4 Å². The predicted octanol–water partition coefficient (Wildman–Crippen LogP) is 4.81. The third kappa shape index (κ3) is 2.58. The number of ketones is 1. The van der Waals surface area contributed by atoms with Crippen molar-refractivity contribution in [2.24, 2.45) is 0 Å². The molecule has 0 saturated carbocycles. The van der Waals surface area contributed by atoms with Crippen molar-refractivity contribution in [2.45, 2.75) is 6.92 Å². The number of Topliss-reactive ketones (excluding diaryl/α,β-unsaturated/α-hetero) is 1. The molecule has 2 N–H and O–H groups in total. The molecule has 0 bridgehead atoms. The van der Waals surface area contributed by atoms with E-state index in [0.29, 0.717) is 15.4 Å². The maximum Gasteiger partial charge on any atom is 0.171 e. The first kappa shape index (κ1) is 15.5. The molecule has 4 rings (SSSR count). The minimum atomic E-state index is -0.0548. The minimum Gasteiger partial charge on any atom is -0.397 e. The Labute approximate surface area is 149 Å². The molecule has 0 unspecified atom stereocenters. The van der Waals surface area contributed by atoms with E-state index in [1.54, 1.807) is 0 Å². The largest absolute Gasteiger partial charge is 0.397 e. The van der Waals surface area contributed by atoms with Crippen molar-refractivity contribution in [1.29, 1.82) is 0 Å². The van der Waals surface area contributed by atoms with E-state index < -0.39 is 0 Å². The summed E-state index contributed by atoms with van der Waals surface area (Å²) in [6, 6.07) is 19.9. The van der Waals surface area contributed by atoms with Crippen LogP contribution in [0.1, 0.15) is 16.6 Å². The van der Waals surface area contributed by atoms with Crippen LogP contribution >= 0.6 is 11.3 Å². The molecule has 122 valence electrons. The van der Waals surface area contributed by atoms with Crippen molar-refractivity contribution in [3.63, 3.8) is 0 Å². The maximum atomic E-state index is 11.9. The highest BCUT2D eigenvalue weighted by atomic mass is 32.1. The lowest BCUT2D eigenvalue weighted by molar-refractivity contribution is 0.102. The van der Waals surface area contributed by atoms with E-state index >= 15 is 0 Å². The average Bonchev–Trinajstić information content (AvgIpc) is 3.00.